The Kier molecular flexibility index (Phi) is 5.50. The number of hydrogen-bond acceptors (Lipinski definition) is 6. The van der Waals surface area contributed by atoms with Crippen LogP contribution in [-0.2, 0) is 19.2 Å². The largest absolute Gasteiger partial charge is 0.481 e. The third kappa shape index (κ3) is 4.51. The monoisotopic (exact) mass is 312 g/mol. The Morgan fingerprint density at radius 3 is 1.86 bits per heavy atom. The van der Waals surface area contributed by atoms with Gasteiger partial charge in [-0.25, -0.2) is 9.97 Å². The summed E-state index contributed by atoms with van der Waals surface area (Å²) in [5, 5.41) is 35.4. The van der Waals surface area contributed by atoms with Gasteiger partial charge < -0.3 is 20.4 Å². The van der Waals surface area contributed by atoms with Crippen molar-refractivity contribution in [1.29, 1.82) is 0 Å². The Morgan fingerprint density at radius 1 is 0.909 bits per heavy atom. The van der Waals surface area contributed by atoms with Crippen molar-refractivity contribution in [3.05, 3.63) is 23.8 Å². The first-order chi connectivity index (χ1) is 10.2. The van der Waals surface area contributed by atoms with Crippen LogP contribution in [0.4, 0.5) is 0 Å². The molecule has 0 aliphatic carbocycles. The molecule has 0 radical (unpaired) electrons. The molecule has 0 amide bonds. The summed E-state index contributed by atoms with van der Waals surface area (Å²) < 4.78 is 0. The molecule has 10 heteroatoms. The van der Waals surface area contributed by atoms with Gasteiger partial charge in [-0.1, -0.05) is 0 Å². The van der Waals surface area contributed by atoms with E-state index in [-0.39, 0.29) is 11.5 Å². The number of aliphatic carboxylic acids is 4. The first-order valence-corrected chi connectivity index (χ1v) is 5.94. The molecule has 10 nitrogen and oxygen atoms in total. The summed E-state index contributed by atoms with van der Waals surface area (Å²) in [6.07, 6.45) is -0.467. The van der Waals surface area contributed by atoms with E-state index in [1.165, 1.54) is 0 Å². The third-order valence-electron chi connectivity index (χ3n) is 2.72. The standard InChI is InChI=1S/C12H12N2O8/c15-8(16)3-5(11(19)20)7-1-2-13-10(14-7)6(12(21)22)4-9(17)18/h1-2,5-6H,3-4H2,(H,15,16)(H,17,18)(H,19,20)(H,21,22). The van der Waals surface area contributed by atoms with Crippen LogP contribution in [-0.4, -0.2) is 54.3 Å². The van der Waals surface area contributed by atoms with E-state index < -0.39 is 48.6 Å². The van der Waals surface area contributed by atoms with Crippen molar-refractivity contribution in [3.8, 4) is 0 Å². The van der Waals surface area contributed by atoms with E-state index >= 15 is 0 Å². The van der Waals surface area contributed by atoms with Crippen LogP contribution in [0.25, 0.3) is 0 Å². The Bertz CT molecular complexity index is 566. The van der Waals surface area contributed by atoms with E-state index in [9.17, 15) is 19.2 Å². The topological polar surface area (TPSA) is 175 Å². The van der Waals surface area contributed by atoms with Gasteiger partial charge in [0.05, 0.1) is 18.5 Å². The van der Waals surface area contributed by atoms with Gasteiger partial charge in [-0.05, 0) is 6.07 Å². The van der Waals surface area contributed by atoms with Crippen molar-refractivity contribution >= 4 is 23.9 Å². The van der Waals surface area contributed by atoms with Gasteiger partial charge in [0.25, 0.3) is 0 Å². The average molecular weight is 312 g/mol. The lowest BCUT2D eigenvalue weighted by Gasteiger charge is -2.13. The van der Waals surface area contributed by atoms with Crippen molar-refractivity contribution < 1.29 is 39.6 Å². The zero-order valence-corrected chi connectivity index (χ0v) is 11.0. The second-order valence-electron chi connectivity index (χ2n) is 4.32. The zero-order valence-electron chi connectivity index (χ0n) is 11.0. The van der Waals surface area contributed by atoms with E-state index in [4.69, 9.17) is 20.4 Å². The molecule has 0 bridgehead atoms. The average Bonchev–Trinajstić information content (AvgIpc) is 2.41. The highest BCUT2D eigenvalue weighted by molar-refractivity contribution is 5.83. The van der Waals surface area contributed by atoms with Crippen LogP contribution in [0.15, 0.2) is 12.3 Å². The van der Waals surface area contributed by atoms with E-state index in [0.717, 1.165) is 12.3 Å². The SMILES string of the molecule is O=C(O)CC(C(=O)O)c1ccnc(C(CC(=O)O)C(=O)O)n1. The number of nitrogens with zero attached hydrogens (tertiary/aromatic N) is 2. The Balaban J connectivity index is 3.20. The highest BCUT2D eigenvalue weighted by Crippen LogP contribution is 2.22. The normalized spacial score (nSPS) is 13.1. The summed E-state index contributed by atoms with van der Waals surface area (Å²) in [6.45, 7) is 0. The summed E-state index contributed by atoms with van der Waals surface area (Å²) in [7, 11) is 0. The molecule has 0 aliphatic rings. The number of hydrogen-bond donors (Lipinski definition) is 4. The highest BCUT2D eigenvalue weighted by atomic mass is 16.4. The smallest absolute Gasteiger partial charge is 0.314 e. The van der Waals surface area contributed by atoms with Crippen molar-refractivity contribution in [3.63, 3.8) is 0 Å². The molecule has 1 aromatic heterocycles. The molecule has 1 aromatic rings. The Labute approximate surface area is 123 Å². The maximum absolute atomic E-state index is 11.1. The molecular weight excluding hydrogens is 300 g/mol. The van der Waals surface area contributed by atoms with Gasteiger partial charge in [0.15, 0.2) is 0 Å². The van der Waals surface area contributed by atoms with Crippen LogP contribution < -0.4 is 0 Å². The van der Waals surface area contributed by atoms with Crippen LogP contribution in [0.3, 0.4) is 0 Å². The predicted octanol–water partition coefficient (Wildman–Crippen LogP) is -0.238. The van der Waals surface area contributed by atoms with Crippen molar-refractivity contribution in [2.24, 2.45) is 0 Å². The van der Waals surface area contributed by atoms with Gasteiger partial charge in [0, 0.05) is 6.20 Å². The molecule has 118 valence electrons. The Morgan fingerprint density at radius 2 is 1.41 bits per heavy atom. The lowest BCUT2D eigenvalue weighted by atomic mass is 10.00. The highest BCUT2D eigenvalue weighted by Gasteiger charge is 2.29. The number of aromatic nitrogens is 2. The predicted molar refractivity (Wildman–Crippen MR) is 67.3 cm³/mol. The van der Waals surface area contributed by atoms with Gasteiger partial charge in [-0.15, -0.1) is 0 Å². The minimum atomic E-state index is -1.56. The molecule has 0 fully saturated rings. The summed E-state index contributed by atoms with van der Waals surface area (Å²) >= 11 is 0. The molecule has 0 saturated carbocycles. The zero-order chi connectivity index (χ0) is 16.9. The molecule has 1 rings (SSSR count). The number of carboxylic acids is 4. The van der Waals surface area contributed by atoms with E-state index in [0.29, 0.717) is 0 Å². The third-order valence-corrected chi connectivity index (χ3v) is 2.72. The number of carbonyl (C=O) groups is 4. The molecule has 2 atom stereocenters. The van der Waals surface area contributed by atoms with Crippen molar-refractivity contribution in [2.75, 3.05) is 0 Å². The molecule has 0 spiro atoms. The summed E-state index contributed by atoms with van der Waals surface area (Å²) in [6, 6.07) is 1.14. The van der Waals surface area contributed by atoms with E-state index in [1.807, 2.05) is 0 Å². The maximum atomic E-state index is 11.1. The van der Waals surface area contributed by atoms with Crippen molar-refractivity contribution in [2.45, 2.75) is 24.7 Å². The minimum Gasteiger partial charge on any atom is -0.481 e. The lowest BCUT2D eigenvalue weighted by molar-refractivity contribution is -0.145. The summed E-state index contributed by atoms with van der Waals surface area (Å²) in [5.41, 5.74) is -0.198. The van der Waals surface area contributed by atoms with E-state index in [2.05, 4.69) is 9.97 Å². The molecule has 0 saturated heterocycles. The second kappa shape index (κ2) is 7.11. The van der Waals surface area contributed by atoms with Crippen LogP contribution >= 0.6 is 0 Å². The maximum Gasteiger partial charge on any atom is 0.314 e. The lowest BCUT2D eigenvalue weighted by Crippen LogP contribution is -2.22. The van der Waals surface area contributed by atoms with Gasteiger partial charge >= 0.3 is 23.9 Å². The quantitative estimate of drug-likeness (QED) is 0.501. The summed E-state index contributed by atoms with van der Waals surface area (Å²) in [4.78, 5) is 50.9. The fraction of sp³-hybridized carbons (Fsp3) is 0.333. The van der Waals surface area contributed by atoms with Gasteiger partial charge in [0.1, 0.15) is 17.7 Å². The molecule has 0 aromatic carbocycles. The van der Waals surface area contributed by atoms with Gasteiger partial charge in [0.2, 0.25) is 0 Å². The summed E-state index contributed by atoms with van der Waals surface area (Å²) in [5.74, 6) is -9.12. The first kappa shape index (κ1) is 17.0. The molecule has 0 aliphatic heterocycles. The number of rotatable bonds is 8. The number of carboxylic acid groups (broad SMARTS) is 4. The molecular formula is C12H12N2O8. The second-order valence-corrected chi connectivity index (χ2v) is 4.32. The molecule has 4 N–H and O–H groups in total. The molecule has 2 unspecified atom stereocenters. The van der Waals surface area contributed by atoms with Crippen molar-refractivity contribution in [1.82, 2.24) is 9.97 Å². The van der Waals surface area contributed by atoms with Crippen LogP contribution in [0.1, 0.15) is 36.2 Å². The van der Waals surface area contributed by atoms with Crippen LogP contribution in [0.2, 0.25) is 0 Å². The van der Waals surface area contributed by atoms with Crippen LogP contribution in [0.5, 0.6) is 0 Å². The first-order valence-electron chi connectivity index (χ1n) is 5.94. The van der Waals surface area contributed by atoms with Gasteiger partial charge in [-0.2, -0.15) is 0 Å². The fourth-order valence-electron chi connectivity index (χ4n) is 1.71. The van der Waals surface area contributed by atoms with Gasteiger partial charge in [-0.3, -0.25) is 19.2 Å². The Hall–Kier alpha value is -3.04. The van der Waals surface area contributed by atoms with E-state index in [1.54, 1.807) is 0 Å². The fourth-order valence-corrected chi connectivity index (χ4v) is 1.71. The minimum absolute atomic E-state index is 0.198. The van der Waals surface area contributed by atoms with Crippen LogP contribution in [0, 0.1) is 0 Å². The molecule has 22 heavy (non-hydrogen) atoms. The molecule has 1 heterocycles.